The van der Waals surface area contributed by atoms with Gasteiger partial charge in [0.05, 0.1) is 6.10 Å². The number of halogens is 1. The summed E-state index contributed by atoms with van der Waals surface area (Å²) in [6, 6.07) is 6.01. The lowest BCUT2D eigenvalue weighted by Crippen LogP contribution is -2.05. The smallest absolute Gasteiger partial charge is 0.123 e. The first-order chi connectivity index (χ1) is 6.18. The fourth-order valence-corrected chi connectivity index (χ4v) is 0.785. The van der Waals surface area contributed by atoms with Crippen LogP contribution in [0.15, 0.2) is 24.3 Å². The molecule has 1 aromatic carbocycles. The second-order valence-corrected chi connectivity index (χ2v) is 2.62. The highest BCUT2D eigenvalue weighted by molar-refractivity contribution is 5.22. The highest BCUT2D eigenvalue weighted by Gasteiger charge is 1.96. The molecule has 1 nitrogen and oxygen atoms in total. The molecule has 0 saturated carbocycles. The molecule has 13 heavy (non-hydrogen) atoms. The van der Waals surface area contributed by atoms with Crippen molar-refractivity contribution >= 4 is 0 Å². The van der Waals surface area contributed by atoms with E-state index in [1.165, 1.54) is 12.1 Å². The molecular weight excluding hydrogens is 167 g/mol. The minimum Gasteiger partial charge on any atom is -0.491 e. The lowest BCUT2D eigenvalue weighted by atomic mass is 10.3. The monoisotopic (exact) mass is 184 g/mol. The average Bonchev–Trinajstić information content (AvgIpc) is 2.12. The van der Waals surface area contributed by atoms with Crippen molar-refractivity contribution in [2.75, 3.05) is 0 Å². The molecule has 0 fully saturated rings. The molecule has 0 amide bonds. The van der Waals surface area contributed by atoms with Crippen LogP contribution in [0.25, 0.3) is 0 Å². The fraction of sp³-hybridized carbons (Fsp3) is 0.455. The standard InChI is InChI=1S/C9H11FO.C2H6/c1-7(2)11-9-5-3-8(10)4-6-9;1-2/h3-7H,1-2H3;1-2H3. The molecule has 0 unspecified atom stereocenters. The summed E-state index contributed by atoms with van der Waals surface area (Å²) < 4.78 is 17.7. The Morgan fingerprint density at radius 1 is 1.08 bits per heavy atom. The van der Waals surface area contributed by atoms with Gasteiger partial charge in [-0.1, -0.05) is 13.8 Å². The minimum atomic E-state index is -0.235. The Hall–Kier alpha value is -1.05. The normalized spacial score (nSPS) is 9.08. The van der Waals surface area contributed by atoms with E-state index in [1.54, 1.807) is 12.1 Å². The number of benzene rings is 1. The molecule has 0 atom stereocenters. The first kappa shape index (κ1) is 11.9. The lowest BCUT2D eigenvalue weighted by molar-refractivity contribution is 0.242. The maximum atomic E-state index is 12.4. The van der Waals surface area contributed by atoms with Crippen molar-refractivity contribution in [3.05, 3.63) is 30.1 Å². The number of rotatable bonds is 2. The van der Waals surface area contributed by atoms with Crippen molar-refractivity contribution in [1.82, 2.24) is 0 Å². The molecule has 0 aliphatic carbocycles. The van der Waals surface area contributed by atoms with Gasteiger partial charge in [-0.15, -0.1) is 0 Å². The van der Waals surface area contributed by atoms with E-state index in [4.69, 9.17) is 4.74 Å². The molecule has 0 N–H and O–H groups in total. The summed E-state index contributed by atoms with van der Waals surface area (Å²) in [5.74, 6) is 0.475. The van der Waals surface area contributed by atoms with Crippen LogP contribution in [-0.2, 0) is 0 Å². The van der Waals surface area contributed by atoms with E-state index in [0.717, 1.165) is 0 Å². The third-order valence-corrected chi connectivity index (χ3v) is 1.19. The van der Waals surface area contributed by atoms with Gasteiger partial charge in [-0.25, -0.2) is 4.39 Å². The van der Waals surface area contributed by atoms with Crippen LogP contribution >= 0.6 is 0 Å². The van der Waals surface area contributed by atoms with Crippen LogP contribution in [-0.4, -0.2) is 6.10 Å². The predicted octanol–water partition coefficient (Wildman–Crippen LogP) is 3.64. The van der Waals surface area contributed by atoms with Crippen molar-refractivity contribution in [1.29, 1.82) is 0 Å². The molecule has 0 aliphatic rings. The Morgan fingerprint density at radius 3 is 1.92 bits per heavy atom. The van der Waals surface area contributed by atoms with E-state index in [1.807, 2.05) is 27.7 Å². The van der Waals surface area contributed by atoms with Crippen LogP contribution in [0.5, 0.6) is 5.75 Å². The molecule has 2 heteroatoms. The molecule has 0 bridgehead atoms. The fourth-order valence-electron chi connectivity index (χ4n) is 0.785. The topological polar surface area (TPSA) is 9.23 Å². The summed E-state index contributed by atoms with van der Waals surface area (Å²) in [6.07, 6.45) is 0.139. The quantitative estimate of drug-likeness (QED) is 0.681. The Balaban J connectivity index is 0.000000671. The number of hydrogen-bond acceptors (Lipinski definition) is 1. The summed E-state index contributed by atoms with van der Waals surface area (Å²) in [7, 11) is 0. The molecule has 74 valence electrons. The van der Waals surface area contributed by atoms with Crippen molar-refractivity contribution < 1.29 is 9.13 Å². The van der Waals surface area contributed by atoms with Gasteiger partial charge in [-0.2, -0.15) is 0 Å². The molecule has 0 radical (unpaired) electrons. The SMILES string of the molecule is CC.CC(C)Oc1ccc(F)cc1. The molecule has 0 aromatic heterocycles. The van der Waals surface area contributed by atoms with Gasteiger partial charge in [0.25, 0.3) is 0 Å². The van der Waals surface area contributed by atoms with E-state index >= 15 is 0 Å². The number of ether oxygens (including phenoxy) is 1. The second-order valence-electron chi connectivity index (χ2n) is 2.62. The molecular formula is C11H17FO. The van der Waals surface area contributed by atoms with E-state index in [-0.39, 0.29) is 11.9 Å². The van der Waals surface area contributed by atoms with Crippen LogP contribution < -0.4 is 4.74 Å². The molecule has 0 aliphatic heterocycles. The van der Waals surface area contributed by atoms with Gasteiger partial charge in [-0.05, 0) is 38.1 Å². The molecule has 1 rings (SSSR count). The zero-order valence-corrected chi connectivity index (χ0v) is 8.67. The van der Waals surface area contributed by atoms with Crippen molar-refractivity contribution in [3.63, 3.8) is 0 Å². The van der Waals surface area contributed by atoms with E-state index in [2.05, 4.69) is 0 Å². The lowest BCUT2D eigenvalue weighted by Gasteiger charge is -2.08. The summed E-state index contributed by atoms with van der Waals surface area (Å²) >= 11 is 0. The van der Waals surface area contributed by atoms with Gasteiger partial charge >= 0.3 is 0 Å². The number of hydrogen-bond donors (Lipinski definition) is 0. The molecule has 0 spiro atoms. The Kier molecular flexibility index (Phi) is 5.94. The van der Waals surface area contributed by atoms with Crippen LogP contribution in [0.2, 0.25) is 0 Å². The van der Waals surface area contributed by atoms with Gasteiger partial charge in [0.15, 0.2) is 0 Å². The van der Waals surface area contributed by atoms with Crippen LogP contribution in [0, 0.1) is 5.82 Å². The van der Waals surface area contributed by atoms with E-state index in [0.29, 0.717) is 5.75 Å². The Bertz CT molecular complexity index is 216. The largest absolute Gasteiger partial charge is 0.491 e. The van der Waals surface area contributed by atoms with Crippen LogP contribution in [0.1, 0.15) is 27.7 Å². The minimum absolute atomic E-state index is 0.139. The van der Waals surface area contributed by atoms with Crippen LogP contribution in [0.3, 0.4) is 0 Å². The maximum absolute atomic E-state index is 12.4. The predicted molar refractivity (Wildman–Crippen MR) is 53.5 cm³/mol. The first-order valence-electron chi connectivity index (χ1n) is 4.60. The van der Waals surface area contributed by atoms with Gasteiger partial charge < -0.3 is 4.74 Å². The Morgan fingerprint density at radius 2 is 1.54 bits per heavy atom. The molecule has 0 heterocycles. The van der Waals surface area contributed by atoms with Gasteiger partial charge in [-0.3, -0.25) is 0 Å². The first-order valence-corrected chi connectivity index (χ1v) is 4.60. The van der Waals surface area contributed by atoms with Gasteiger partial charge in [0.1, 0.15) is 11.6 Å². The zero-order valence-electron chi connectivity index (χ0n) is 8.67. The van der Waals surface area contributed by atoms with Crippen LogP contribution in [0.4, 0.5) is 4.39 Å². The summed E-state index contributed by atoms with van der Waals surface area (Å²) in [5, 5.41) is 0. The summed E-state index contributed by atoms with van der Waals surface area (Å²) in [5.41, 5.74) is 0. The highest BCUT2D eigenvalue weighted by atomic mass is 19.1. The van der Waals surface area contributed by atoms with E-state index < -0.39 is 0 Å². The van der Waals surface area contributed by atoms with Gasteiger partial charge in [0, 0.05) is 0 Å². The van der Waals surface area contributed by atoms with Gasteiger partial charge in [0.2, 0.25) is 0 Å². The van der Waals surface area contributed by atoms with Crippen molar-refractivity contribution in [3.8, 4) is 5.75 Å². The third kappa shape index (κ3) is 5.23. The zero-order chi connectivity index (χ0) is 10.3. The average molecular weight is 184 g/mol. The molecule has 0 saturated heterocycles. The van der Waals surface area contributed by atoms with Crippen molar-refractivity contribution in [2.45, 2.75) is 33.8 Å². The molecule has 1 aromatic rings. The van der Waals surface area contributed by atoms with E-state index in [9.17, 15) is 4.39 Å². The third-order valence-electron chi connectivity index (χ3n) is 1.19. The second kappa shape index (κ2) is 6.46. The maximum Gasteiger partial charge on any atom is 0.123 e. The Labute approximate surface area is 79.5 Å². The summed E-state index contributed by atoms with van der Waals surface area (Å²) in [4.78, 5) is 0. The highest BCUT2D eigenvalue weighted by Crippen LogP contribution is 2.12. The van der Waals surface area contributed by atoms with Crippen molar-refractivity contribution in [2.24, 2.45) is 0 Å². The summed E-state index contributed by atoms with van der Waals surface area (Å²) in [6.45, 7) is 7.87.